The van der Waals surface area contributed by atoms with E-state index in [2.05, 4.69) is 39.5 Å². The van der Waals surface area contributed by atoms with E-state index in [1.54, 1.807) is 7.11 Å². The maximum Gasteiger partial charge on any atom is 0.175 e. The summed E-state index contributed by atoms with van der Waals surface area (Å²) < 4.78 is 12.7. The van der Waals surface area contributed by atoms with Crippen LogP contribution in [0.2, 0.25) is 15.1 Å². The molecule has 3 atom stereocenters. The molecule has 0 saturated heterocycles. The lowest BCUT2D eigenvalue weighted by Crippen LogP contribution is -2.29. The van der Waals surface area contributed by atoms with Crippen LogP contribution in [-0.2, 0) is 6.61 Å². The first-order valence-electron chi connectivity index (χ1n) is 10.6. The van der Waals surface area contributed by atoms with E-state index in [4.69, 9.17) is 44.3 Å². The van der Waals surface area contributed by atoms with Crippen LogP contribution in [0.1, 0.15) is 35.1 Å². The van der Waals surface area contributed by atoms with Gasteiger partial charge in [-0.15, -0.1) is 0 Å². The van der Waals surface area contributed by atoms with Crippen LogP contribution in [-0.4, -0.2) is 7.11 Å². The van der Waals surface area contributed by atoms with E-state index in [1.807, 2.05) is 42.5 Å². The van der Waals surface area contributed by atoms with Gasteiger partial charge >= 0.3 is 0 Å². The van der Waals surface area contributed by atoms with Gasteiger partial charge in [0.2, 0.25) is 0 Å². The van der Waals surface area contributed by atoms with Crippen LogP contribution in [0.25, 0.3) is 0 Å². The van der Waals surface area contributed by atoms with E-state index in [0.717, 1.165) is 33.3 Å². The van der Waals surface area contributed by atoms with Gasteiger partial charge in [0.25, 0.3) is 0 Å². The summed E-state index contributed by atoms with van der Waals surface area (Å²) in [6.45, 7) is 0.409. The molecule has 0 fully saturated rings. The summed E-state index contributed by atoms with van der Waals surface area (Å²) >= 11 is 22.6. The van der Waals surface area contributed by atoms with Crippen LogP contribution in [0.15, 0.2) is 65.2 Å². The van der Waals surface area contributed by atoms with E-state index in [1.165, 1.54) is 0 Å². The smallest absolute Gasteiger partial charge is 0.175 e. The monoisotopic (exact) mass is 563 g/mol. The second-order valence-electron chi connectivity index (χ2n) is 8.27. The van der Waals surface area contributed by atoms with Crippen LogP contribution >= 0.6 is 50.7 Å². The second-order valence-corrected chi connectivity index (χ2v) is 10.4. The molecule has 1 N–H and O–H groups in total. The van der Waals surface area contributed by atoms with Crippen LogP contribution in [0.4, 0.5) is 5.69 Å². The number of anilines is 1. The van der Waals surface area contributed by atoms with Crippen LogP contribution in [0.3, 0.4) is 0 Å². The van der Waals surface area contributed by atoms with Crippen molar-refractivity contribution in [3.05, 3.63) is 96.9 Å². The van der Waals surface area contributed by atoms with Gasteiger partial charge in [0.15, 0.2) is 11.5 Å². The summed E-state index contributed by atoms with van der Waals surface area (Å²) in [7, 11) is 1.66. The number of benzene rings is 3. The number of nitrogens with one attached hydrogen (secondary N) is 1. The molecule has 1 aliphatic carbocycles. The lowest BCUT2D eigenvalue weighted by molar-refractivity contribution is 0.282. The van der Waals surface area contributed by atoms with Gasteiger partial charge in [0, 0.05) is 32.2 Å². The Morgan fingerprint density at radius 1 is 1.03 bits per heavy atom. The fourth-order valence-corrected chi connectivity index (χ4v) is 6.09. The number of hydrogen-bond donors (Lipinski definition) is 1. The molecule has 0 unspecified atom stereocenters. The quantitative estimate of drug-likeness (QED) is 0.314. The zero-order valence-electron chi connectivity index (χ0n) is 17.7. The van der Waals surface area contributed by atoms with Crippen molar-refractivity contribution >= 4 is 56.4 Å². The third-order valence-corrected chi connectivity index (χ3v) is 7.66. The lowest BCUT2D eigenvalue weighted by atomic mass is 9.77. The minimum atomic E-state index is 0.0718. The van der Waals surface area contributed by atoms with Crippen molar-refractivity contribution in [2.75, 3.05) is 12.4 Å². The van der Waals surface area contributed by atoms with Gasteiger partial charge in [-0.3, -0.25) is 0 Å². The molecule has 0 saturated carbocycles. The molecule has 1 aliphatic heterocycles. The largest absolute Gasteiger partial charge is 0.493 e. The number of ether oxygens (including phenoxy) is 2. The minimum absolute atomic E-state index is 0.0718. The molecule has 2 aliphatic rings. The molecule has 7 heteroatoms. The molecular weight excluding hydrogens is 545 g/mol. The molecule has 3 aromatic rings. The number of fused-ring (bicyclic) bond motifs is 3. The molecule has 170 valence electrons. The maximum atomic E-state index is 6.59. The third kappa shape index (κ3) is 4.46. The van der Waals surface area contributed by atoms with Crippen molar-refractivity contribution in [1.82, 2.24) is 0 Å². The minimum Gasteiger partial charge on any atom is -0.493 e. The molecule has 0 aromatic heterocycles. The highest BCUT2D eigenvalue weighted by Crippen LogP contribution is 2.53. The van der Waals surface area contributed by atoms with Gasteiger partial charge in [0.1, 0.15) is 6.61 Å². The molecular formula is C26H21BrCl3NO2. The molecule has 0 radical (unpaired) electrons. The number of rotatable bonds is 5. The Morgan fingerprint density at radius 2 is 1.82 bits per heavy atom. The van der Waals surface area contributed by atoms with Crippen molar-refractivity contribution < 1.29 is 9.47 Å². The van der Waals surface area contributed by atoms with Crippen molar-refractivity contribution in [3.8, 4) is 11.5 Å². The highest BCUT2D eigenvalue weighted by Gasteiger charge is 2.39. The molecule has 1 heterocycles. The van der Waals surface area contributed by atoms with E-state index < -0.39 is 0 Å². The van der Waals surface area contributed by atoms with Gasteiger partial charge in [-0.1, -0.05) is 59.1 Å². The summed E-state index contributed by atoms with van der Waals surface area (Å²) in [6, 6.07) is 15.6. The van der Waals surface area contributed by atoms with E-state index >= 15 is 0 Å². The Balaban J connectivity index is 1.47. The summed E-state index contributed by atoms with van der Waals surface area (Å²) in [5, 5.41) is 5.71. The highest BCUT2D eigenvalue weighted by atomic mass is 79.9. The normalized spacial score (nSPS) is 20.7. The SMILES string of the molecule is COc1cc([C@@H]2Nc3cc(Cl)cc(Cl)c3[C@@H]3C=CC[C@H]32)cc(Br)c1OCc1ccc(Cl)cc1. The van der Waals surface area contributed by atoms with Crippen molar-refractivity contribution in [3.63, 3.8) is 0 Å². The van der Waals surface area contributed by atoms with E-state index in [-0.39, 0.29) is 12.0 Å². The summed E-state index contributed by atoms with van der Waals surface area (Å²) in [6.07, 6.45) is 5.46. The Kier molecular flexibility index (Phi) is 6.54. The highest BCUT2D eigenvalue weighted by molar-refractivity contribution is 9.10. The van der Waals surface area contributed by atoms with E-state index in [9.17, 15) is 0 Å². The maximum absolute atomic E-state index is 6.59. The molecule has 0 amide bonds. The summed E-state index contributed by atoms with van der Waals surface area (Å²) in [5.74, 6) is 1.92. The first-order chi connectivity index (χ1) is 15.9. The Hall–Kier alpha value is -1.85. The van der Waals surface area contributed by atoms with Crippen LogP contribution in [0.5, 0.6) is 11.5 Å². The third-order valence-electron chi connectivity index (χ3n) is 6.29. The van der Waals surface area contributed by atoms with Gasteiger partial charge in [-0.25, -0.2) is 0 Å². The average molecular weight is 566 g/mol. The number of hydrogen-bond acceptors (Lipinski definition) is 3. The number of methoxy groups -OCH3 is 1. The standard InChI is InChI=1S/C26H21BrCl3NO2/c1-32-23-10-15(9-20(27)26(23)33-13-14-5-7-16(28)8-6-14)25-19-4-2-3-18(19)24-21(30)11-17(29)12-22(24)31-25/h2-3,5-12,18-19,25,31H,4,13H2,1H3/t18-,19-,25+/m1/s1. The molecule has 3 aromatic carbocycles. The van der Waals surface area contributed by atoms with Crippen molar-refractivity contribution in [2.24, 2.45) is 5.92 Å². The zero-order valence-corrected chi connectivity index (χ0v) is 21.6. The fourth-order valence-electron chi connectivity index (χ4n) is 4.77. The fraction of sp³-hybridized carbons (Fsp3) is 0.231. The van der Waals surface area contributed by atoms with Gasteiger partial charge in [-0.05, 0) is 75.8 Å². The topological polar surface area (TPSA) is 30.5 Å². The van der Waals surface area contributed by atoms with Crippen LogP contribution in [0, 0.1) is 5.92 Å². The molecule has 5 rings (SSSR count). The molecule has 3 nitrogen and oxygen atoms in total. The zero-order chi connectivity index (χ0) is 23.1. The number of halogens is 4. The average Bonchev–Trinajstić information content (AvgIpc) is 3.27. The summed E-state index contributed by atoms with van der Waals surface area (Å²) in [5.41, 5.74) is 4.23. The molecule has 0 spiro atoms. The van der Waals surface area contributed by atoms with Crippen molar-refractivity contribution in [1.29, 1.82) is 0 Å². The molecule has 0 bridgehead atoms. The first-order valence-corrected chi connectivity index (χ1v) is 12.5. The van der Waals surface area contributed by atoms with E-state index in [0.29, 0.717) is 39.1 Å². The second kappa shape index (κ2) is 9.42. The lowest BCUT2D eigenvalue weighted by Gasteiger charge is -2.38. The Morgan fingerprint density at radius 3 is 2.58 bits per heavy atom. The predicted octanol–water partition coefficient (Wildman–Crippen LogP) is 8.82. The van der Waals surface area contributed by atoms with Gasteiger partial charge in [0.05, 0.1) is 17.6 Å². The molecule has 33 heavy (non-hydrogen) atoms. The van der Waals surface area contributed by atoms with Crippen LogP contribution < -0.4 is 14.8 Å². The number of allylic oxidation sites excluding steroid dienone is 2. The van der Waals surface area contributed by atoms with Gasteiger partial charge in [-0.2, -0.15) is 0 Å². The first kappa shape index (κ1) is 22.9. The predicted molar refractivity (Wildman–Crippen MR) is 139 cm³/mol. The summed E-state index contributed by atoms with van der Waals surface area (Å²) in [4.78, 5) is 0. The van der Waals surface area contributed by atoms with Gasteiger partial charge < -0.3 is 14.8 Å². The van der Waals surface area contributed by atoms with Crippen molar-refractivity contribution in [2.45, 2.75) is 25.0 Å². The Labute approximate surface area is 216 Å². The Bertz CT molecular complexity index is 1230.